The summed E-state index contributed by atoms with van der Waals surface area (Å²) in [5, 5.41) is 3.69. The van der Waals surface area contributed by atoms with Crippen LogP contribution in [0.25, 0.3) is 0 Å². The second kappa shape index (κ2) is 7.49. The van der Waals surface area contributed by atoms with Crippen LogP contribution in [-0.4, -0.2) is 52.0 Å². The van der Waals surface area contributed by atoms with E-state index in [1.165, 1.54) is 12.8 Å². The molecule has 3 rings (SSSR count). The SMILES string of the molecule is CSCC[C@@H]1NC(=S)N(Cc2ccnc(N3CCCC3)c2)C1=O. The number of carbonyl (C=O) groups excluding carboxylic acids is 1. The lowest BCUT2D eigenvalue weighted by Crippen LogP contribution is -2.31. The van der Waals surface area contributed by atoms with Crippen LogP contribution in [0.3, 0.4) is 0 Å². The second-order valence-corrected chi connectivity index (χ2v) is 7.30. The third kappa shape index (κ3) is 3.77. The zero-order chi connectivity index (χ0) is 16.2. The summed E-state index contributed by atoms with van der Waals surface area (Å²) in [7, 11) is 0. The largest absolute Gasteiger partial charge is 0.357 e. The van der Waals surface area contributed by atoms with E-state index in [9.17, 15) is 4.79 Å². The first-order valence-electron chi connectivity index (χ1n) is 7.99. The molecule has 1 N–H and O–H groups in total. The Labute approximate surface area is 146 Å². The van der Waals surface area contributed by atoms with Crippen molar-refractivity contribution in [2.24, 2.45) is 0 Å². The smallest absolute Gasteiger partial charge is 0.251 e. The molecule has 1 amide bonds. The van der Waals surface area contributed by atoms with Crippen LogP contribution >= 0.6 is 24.0 Å². The van der Waals surface area contributed by atoms with E-state index in [1.54, 1.807) is 16.7 Å². The molecule has 0 unspecified atom stereocenters. The van der Waals surface area contributed by atoms with Crippen molar-refractivity contribution in [3.05, 3.63) is 23.9 Å². The molecule has 1 aromatic rings. The van der Waals surface area contributed by atoms with Crippen LogP contribution in [0, 0.1) is 0 Å². The number of hydrogen-bond donors (Lipinski definition) is 1. The van der Waals surface area contributed by atoms with Gasteiger partial charge in [-0.15, -0.1) is 0 Å². The fourth-order valence-corrected chi connectivity index (χ4v) is 3.79. The highest BCUT2D eigenvalue weighted by Gasteiger charge is 2.34. The number of anilines is 1. The molecule has 0 saturated carbocycles. The lowest BCUT2D eigenvalue weighted by Gasteiger charge is -2.19. The molecule has 2 aliphatic heterocycles. The lowest BCUT2D eigenvalue weighted by atomic mass is 10.2. The number of thioether (sulfide) groups is 1. The van der Waals surface area contributed by atoms with Crippen LogP contribution in [0.4, 0.5) is 5.82 Å². The normalized spacial score (nSPS) is 21.2. The molecular formula is C16H22N4OS2. The molecule has 124 valence electrons. The Hall–Kier alpha value is -1.34. The third-order valence-electron chi connectivity index (χ3n) is 4.30. The summed E-state index contributed by atoms with van der Waals surface area (Å²) in [5.74, 6) is 2.04. The predicted octanol–water partition coefficient (Wildman–Crippen LogP) is 2.02. The van der Waals surface area contributed by atoms with Crippen molar-refractivity contribution in [2.45, 2.75) is 31.8 Å². The van der Waals surface area contributed by atoms with Gasteiger partial charge >= 0.3 is 0 Å². The first-order valence-corrected chi connectivity index (χ1v) is 9.80. The van der Waals surface area contributed by atoms with Crippen LogP contribution in [0.1, 0.15) is 24.8 Å². The molecule has 3 heterocycles. The van der Waals surface area contributed by atoms with Crippen molar-refractivity contribution in [3.8, 4) is 0 Å². The molecule has 1 aromatic heterocycles. The highest BCUT2D eigenvalue weighted by Crippen LogP contribution is 2.21. The number of aromatic nitrogens is 1. The summed E-state index contributed by atoms with van der Waals surface area (Å²) in [4.78, 5) is 21.0. The van der Waals surface area contributed by atoms with Crippen LogP contribution < -0.4 is 10.2 Å². The highest BCUT2D eigenvalue weighted by molar-refractivity contribution is 7.98. The number of rotatable bonds is 6. The highest BCUT2D eigenvalue weighted by atomic mass is 32.2. The minimum Gasteiger partial charge on any atom is -0.357 e. The molecule has 2 fully saturated rings. The molecule has 0 radical (unpaired) electrons. The fraction of sp³-hybridized carbons (Fsp3) is 0.562. The lowest BCUT2D eigenvalue weighted by molar-refractivity contribution is -0.127. The standard InChI is InChI=1S/C16H22N4OS2/c1-23-9-5-13-15(21)20(16(22)18-13)11-12-4-6-17-14(10-12)19-7-2-3-8-19/h4,6,10,13H,2-3,5,7-9,11H2,1H3,(H,18,22)/t13-/m0/s1. The zero-order valence-electron chi connectivity index (χ0n) is 13.3. The van der Waals surface area contributed by atoms with Crippen LogP contribution in [0.15, 0.2) is 18.3 Å². The summed E-state index contributed by atoms with van der Waals surface area (Å²) >= 11 is 7.09. The second-order valence-electron chi connectivity index (χ2n) is 5.92. The first kappa shape index (κ1) is 16.5. The Morgan fingerprint density at radius 2 is 2.22 bits per heavy atom. The van der Waals surface area contributed by atoms with Gasteiger partial charge in [-0.05, 0) is 61.2 Å². The average molecular weight is 351 g/mol. The number of thiocarbonyl (C=S) groups is 1. The van der Waals surface area contributed by atoms with Crippen molar-refractivity contribution in [3.63, 3.8) is 0 Å². The summed E-state index contributed by atoms with van der Waals surface area (Å²) in [6, 6.07) is 3.87. The van der Waals surface area contributed by atoms with Gasteiger partial charge in [0.05, 0.1) is 6.54 Å². The molecule has 2 saturated heterocycles. The molecule has 5 nitrogen and oxygen atoms in total. The van der Waals surface area contributed by atoms with Gasteiger partial charge in [-0.25, -0.2) is 4.98 Å². The van der Waals surface area contributed by atoms with Crippen LogP contribution in [-0.2, 0) is 11.3 Å². The average Bonchev–Trinajstić information content (AvgIpc) is 3.18. The van der Waals surface area contributed by atoms with Gasteiger partial charge in [0.15, 0.2) is 5.11 Å². The maximum atomic E-state index is 12.5. The van der Waals surface area contributed by atoms with E-state index in [4.69, 9.17) is 12.2 Å². The Kier molecular flexibility index (Phi) is 5.38. The molecule has 23 heavy (non-hydrogen) atoms. The Morgan fingerprint density at radius 3 is 2.96 bits per heavy atom. The minimum absolute atomic E-state index is 0.0867. The summed E-state index contributed by atoms with van der Waals surface area (Å²) in [6.45, 7) is 2.65. The summed E-state index contributed by atoms with van der Waals surface area (Å²) < 4.78 is 0. The molecule has 0 bridgehead atoms. The number of nitrogens with one attached hydrogen (secondary N) is 1. The Bertz CT molecular complexity index is 589. The van der Waals surface area contributed by atoms with Crippen molar-refractivity contribution >= 4 is 40.8 Å². The number of carbonyl (C=O) groups is 1. The summed E-state index contributed by atoms with van der Waals surface area (Å²) in [5.41, 5.74) is 1.07. The monoisotopic (exact) mass is 350 g/mol. The third-order valence-corrected chi connectivity index (χ3v) is 5.28. The number of hydrogen-bond acceptors (Lipinski definition) is 5. The van der Waals surface area contributed by atoms with Gasteiger partial charge in [0.2, 0.25) is 0 Å². The van der Waals surface area contributed by atoms with Crippen LogP contribution in [0.5, 0.6) is 0 Å². The number of nitrogens with zero attached hydrogens (tertiary/aromatic N) is 3. The van der Waals surface area contributed by atoms with Gasteiger partial charge in [0.25, 0.3) is 5.91 Å². The maximum Gasteiger partial charge on any atom is 0.251 e. The molecule has 2 aliphatic rings. The van der Waals surface area contributed by atoms with Gasteiger partial charge in [-0.2, -0.15) is 11.8 Å². The van der Waals surface area contributed by atoms with Crippen molar-refractivity contribution in [1.29, 1.82) is 0 Å². The molecule has 1 atom stereocenters. The van der Waals surface area contributed by atoms with E-state index in [0.717, 1.165) is 36.6 Å². The van der Waals surface area contributed by atoms with Gasteiger partial charge in [0.1, 0.15) is 11.9 Å². The molecule has 7 heteroatoms. The Morgan fingerprint density at radius 1 is 1.43 bits per heavy atom. The van der Waals surface area contributed by atoms with Crippen molar-refractivity contribution in [2.75, 3.05) is 30.0 Å². The van der Waals surface area contributed by atoms with E-state index >= 15 is 0 Å². The predicted molar refractivity (Wildman–Crippen MR) is 98.8 cm³/mol. The van der Waals surface area contributed by atoms with E-state index < -0.39 is 0 Å². The summed E-state index contributed by atoms with van der Waals surface area (Å²) in [6.07, 6.45) is 7.13. The minimum atomic E-state index is -0.171. The Balaban J connectivity index is 1.68. The van der Waals surface area contributed by atoms with E-state index in [1.807, 2.05) is 18.5 Å². The van der Waals surface area contributed by atoms with E-state index in [-0.39, 0.29) is 11.9 Å². The fourth-order valence-electron chi connectivity index (χ4n) is 3.02. The van der Waals surface area contributed by atoms with Crippen molar-refractivity contribution in [1.82, 2.24) is 15.2 Å². The van der Waals surface area contributed by atoms with E-state index in [0.29, 0.717) is 11.7 Å². The molecule has 0 spiro atoms. The van der Waals surface area contributed by atoms with Gasteiger partial charge in [-0.1, -0.05) is 0 Å². The van der Waals surface area contributed by atoms with E-state index in [2.05, 4.69) is 21.3 Å². The van der Waals surface area contributed by atoms with Crippen LogP contribution in [0.2, 0.25) is 0 Å². The molecule has 0 aliphatic carbocycles. The topological polar surface area (TPSA) is 48.5 Å². The van der Waals surface area contributed by atoms with Gasteiger partial charge in [-0.3, -0.25) is 9.69 Å². The zero-order valence-corrected chi connectivity index (χ0v) is 15.0. The number of pyridine rings is 1. The quantitative estimate of drug-likeness (QED) is 0.792. The molecule has 0 aromatic carbocycles. The van der Waals surface area contributed by atoms with Crippen molar-refractivity contribution < 1.29 is 4.79 Å². The number of amides is 1. The first-order chi connectivity index (χ1) is 11.2. The van der Waals surface area contributed by atoms with Gasteiger partial charge in [0, 0.05) is 19.3 Å². The molecular weight excluding hydrogens is 328 g/mol. The van der Waals surface area contributed by atoms with Gasteiger partial charge < -0.3 is 10.2 Å². The maximum absolute atomic E-state index is 12.5.